The molecule has 0 bridgehead atoms. The third-order valence-corrected chi connectivity index (χ3v) is 5.13. The third-order valence-electron chi connectivity index (χ3n) is 5.13. The monoisotopic (exact) mass is 410 g/mol. The minimum atomic E-state index is -0.0368. The lowest BCUT2D eigenvalue weighted by Gasteiger charge is -2.16. The van der Waals surface area contributed by atoms with E-state index >= 15 is 0 Å². The van der Waals surface area contributed by atoms with Crippen LogP contribution in [-0.2, 0) is 24.4 Å². The molecule has 1 aromatic carbocycles. The van der Waals surface area contributed by atoms with Crippen molar-refractivity contribution in [3.8, 4) is 5.75 Å². The lowest BCUT2D eigenvalue weighted by molar-refractivity contribution is -0.681. The Morgan fingerprint density at radius 3 is 2.90 bits per heavy atom. The summed E-state index contributed by atoms with van der Waals surface area (Å²) in [5, 5.41) is 9.65. The Hall–Kier alpha value is -3.66. The van der Waals surface area contributed by atoms with E-state index in [9.17, 15) is 9.90 Å². The van der Waals surface area contributed by atoms with Gasteiger partial charge < -0.3 is 20.6 Å². The molecule has 4 aromatic rings. The number of H-pyrrole nitrogens is 1. The number of benzene rings is 1. The van der Waals surface area contributed by atoms with Crippen LogP contribution >= 0.6 is 0 Å². The van der Waals surface area contributed by atoms with E-state index in [0.717, 1.165) is 22.6 Å². The van der Waals surface area contributed by atoms with E-state index in [2.05, 4.69) is 19.5 Å². The number of aryl methyl sites for hydroxylation is 1. The predicted octanol–water partition coefficient (Wildman–Crippen LogP) is 0.966. The van der Waals surface area contributed by atoms with Gasteiger partial charge in [-0.1, -0.05) is 0 Å². The summed E-state index contributed by atoms with van der Waals surface area (Å²) in [6.45, 7) is 3.25. The fourth-order valence-electron chi connectivity index (χ4n) is 3.77. The van der Waals surface area contributed by atoms with Crippen LogP contribution in [0.3, 0.4) is 0 Å². The van der Waals surface area contributed by atoms with Crippen molar-refractivity contribution in [3.05, 3.63) is 36.3 Å². The first-order valence-corrected chi connectivity index (χ1v) is 9.63. The molecule has 0 aliphatic rings. The first-order chi connectivity index (χ1) is 14.6. The highest BCUT2D eigenvalue weighted by molar-refractivity contribution is 5.84. The molecule has 4 N–H and O–H groups in total. The number of aromatic amines is 1. The fourth-order valence-corrected chi connectivity index (χ4v) is 3.77. The lowest BCUT2D eigenvalue weighted by Crippen LogP contribution is -2.42. The molecule has 0 radical (unpaired) electrons. The van der Waals surface area contributed by atoms with E-state index in [1.54, 1.807) is 19.4 Å². The SMILES string of the molecule is CCn1c(CN(C=O)c2nc3cc[nH]c3nc2N)[n+](CCO)c2ccc(OC)cc21. The van der Waals surface area contributed by atoms with Crippen LogP contribution in [0.1, 0.15) is 12.7 Å². The smallest absolute Gasteiger partial charge is 0.277 e. The van der Waals surface area contributed by atoms with Gasteiger partial charge in [0.15, 0.2) is 28.3 Å². The van der Waals surface area contributed by atoms with Crippen LogP contribution in [0.2, 0.25) is 0 Å². The molecule has 0 unspecified atom stereocenters. The van der Waals surface area contributed by atoms with E-state index in [1.807, 2.05) is 29.7 Å². The number of carbonyl (C=O) groups is 1. The molecule has 10 heteroatoms. The number of nitrogen functional groups attached to an aromatic ring is 1. The molecule has 0 fully saturated rings. The Bertz CT molecular complexity index is 1210. The van der Waals surface area contributed by atoms with Crippen LogP contribution in [0, 0.1) is 0 Å². The quantitative estimate of drug-likeness (QED) is 0.293. The molecule has 10 nitrogen and oxygen atoms in total. The van der Waals surface area contributed by atoms with Crippen molar-refractivity contribution in [2.24, 2.45) is 0 Å². The maximum atomic E-state index is 12.0. The number of aromatic nitrogens is 5. The Morgan fingerprint density at radius 2 is 2.20 bits per heavy atom. The second kappa shape index (κ2) is 7.99. The molecule has 0 spiro atoms. The molecule has 0 saturated heterocycles. The second-order valence-corrected chi connectivity index (χ2v) is 6.77. The zero-order valence-electron chi connectivity index (χ0n) is 16.9. The number of hydrogen-bond acceptors (Lipinski definition) is 6. The molecule has 156 valence electrons. The molecular weight excluding hydrogens is 386 g/mol. The Kier molecular flexibility index (Phi) is 5.23. The Labute approximate surface area is 172 Å². The van der Waals surface area contributed by atoms with Gasteiger partial charge in [-0.25, -0.2) is 19.1 Å². The summed E-state index contributed by atoms with van der Waals surface area (Å²) in [5.74, 6) is 2.01. The minimum Gasteiger partial charge on any atom is -0.497 e. The number of hydrogen-bond donors (Lipinski definition) is 3. The summed E-state index contributed by atoms with van der Waals surface area (Å²) in [4.78, 5) is 25.2. The van der Waals surface area contributed by atoms with E-state index in [0.29, 0.717) is 30.7 Å². The van der Waals surface area contributed by atoms with Crippen LogP contribution in [0.5, 0.6) is 5.75 Å². The van der Waals surface area contributed by atoms with Crippen LogP contribution < -0.4 is 19.9 Å². The topological polar surface area (TPSA) is 126 Å². The maximum Gasteiger partial charge on any atom is 0.277 e. The van der Waals surface area contributed by atoms with Crippen LogP contribution in [0.25, 0.3) is 22.2 Å². The standard InChI is InChI=1S/C20H24N7O3/c1-3-26-16-10-13(30-2)4-5-15(16)27(8-9-28)17(26)11-25(12-29)20-18(21)24-19-14(23-20)6-7-22-19/h4-7,10,12,28H,3,8-9,11H2,1-2H3,(H3,21,22,24)/q+1. The van der Waals surface area contributed by atoms with Gasteiger partial charge in [0, 0.05) is 12.3 Å². The number of imidazole rings is 1. The number of rotatable bonds is 8. The molecule has 30 heavy (non-hydrogen) atoms. The highest BCUT2D eigenvalue weighted by Crippen LogP contribution is 2.25. The third kappa shape index (κ3) is 3.20. The molecule has 1 amide bonds. The largest absolute Gasteiger partial charge is 0.497 e. The van der Waals surface area contributed by atoms with Gasteiger partial charge in [-0.3, -0.25) is 9.69 Å². The van der Waals surface area contributed by atoms with Crippen molar-refractivity contribution in [1.29, 1.82) is 0 Å². The molecule has 0 atom stereocenters. The Balaban J connectivity index is 1.85. The normalized spacial score (nSPS) is 11.3. The molecule has 4 rings (SSSR count). The number of nitrogens with one attached hydrogen (secondary N) is 1. The van der Waals surface area contributed by atoms with E-state index in [1.165, 1.54) is 4.90 Å². The number of aliphatic hydroxyl groups is 1. The van der Waals surface area contributed by atoms with Gasteiger partial charge in [0.2, 0.25) is 6.41 Å². The summed E-state index contributed by atoms with van der Waals surface area (Å²) in [6, 6.07) is 7.54. The van der Waals surface area contributed by atoms with E-state index in [4.69, 9.17) is 10.5 Å². The highest BCUT2D eigenvalue weighted by Gasteiger charge is 2.28. The van der Waals surface area contributed by atoms with Gasteiger partial charge in [0.25, 0.3) is 5.82 Å². The van der Waals surface area contributed by atoms with Crippen LogP contribution in [0.4, 0.5) is 11.6 Å². The number of aliphatic hydroxyl groups excluding tert-OH is 1. The average Bonchev–Trinajstić information content (AvgIpc) is 3.33. The first-order valence-electron chi connectivity index (χ1n) is 9.63. The van der Waals surface area contributed by atoms with Gasteiger partial charge in [0.1, 0.15) is 24.4 Å². The average molecular weight is 410 g/mol. The zero-order chi connectivity index (χ0) is 21.3. The number of fused-ring (bicyclic) bond motifs is 2. The number of ether oxygens (including phenoxy) is 1. The highest BCUT2D eigenvalue weighted by atomic mass is 16.5. The van der Waals surface area contributed by atoms with Gasteiger partial charge in [0.05, 0.1) is 20.3 Å². The molecule has 3 aromatic heterocycles. The van der Waals surface area contributed by atoms with Crippen LogP contribution in [0.15, 0.2) is 30.5 Å². The summed E-state index contributed by atoms with van der Waals surface area (Å²) >= 11 is 0. The summed E-state index contributed by atoms with van der Waals surface area (Å²) in [5.41, 5.74) is 9.16. The molecule has 0 saturated carbocycles. The molecular formula is C20H24N7O3+. The second-order valence-electron chi connectivity index (χ2n) is 6.77. The number of methoxy groups -OCH3 is 1. The summed E-state index contributed by atoms with van der Waals surface area (Å²) < 4.78 is 9.45. The van der Waals surface area contributed by atoms with Crippen molar-refractivity contribution in [3.63, 3.8) is 0 Å². The fraction of sp³-hybridized carbons (Fsp3) is 0.300. The number of nitrogens with zero attached hydrogens (tertiary/aromatic N) is 5. The Morgan fingerprint density at radius 1 is 1.37 bits per heavy atom. The first kappa shape index (κ1) is 19.6. The maximum absolute atomic E-state index is 12.0. The van der Waals surface area contributed by atoms with Crippen molar-refractivity contribution >= 4 is 40.2 Å². The zero-order valence-corrected chi connectivity index (χ0v) is 16.9. The van der Waals surface area contributed by atoms with E-state index in [-0.39, 0.29) is 24.8 Å². The lowest BCUT2D eigenvalue weighted by atomic mass is 10.3. The molecule has 0 aliphatic carbocycles. The number of nitrogens with two attached hydrogens (primary N) is 1. The summed E-state index contributed by atoms with van der Waals surface area (Å²) in [7, 11) is 1.62. The number of anilines is 2. The summed E-state index contributed by atoms with van der Waals surface area (Å²) in [6.07, 6.45) is 2.41. The van der Waals surface area contributed by atoms with Gasteiger partial charge in [-0.2, -0.15) is 0 Å². The van der Waals surface area contributed by atoms with Crippen molar-refractivity contribution < 1.29 is 19.2 Å². The van der Waals surface area contributed by atoms with E-state index < -0.39 is 0 Å². The number of carbonyl (C=O) groups excluding carboxylic acids is 1. The predicted molar refractivity (Wildman–Crippen MR) is 112 cm³/mol. The van der Waals surface area contributed by atoms with Crippen molar-refractivity contribution in [1.82, 2.24) is 19.5 Å². The minimum absolute atomic E-state index is 0.0368. The van der Waals surface area contributed by atoms with Gasteiger partial charge in [-0.15, -0.1) is 0 Å². The number of amides is 1. The molecule has 0 aliphatic heterocycles. The molecule has 3 heterocycles. The van der Waals surface area contributed by atoms with Crippen molar-refractivity contribution in [2.75, 3.05) is 24.4 Å². The van der Waals surface area contributed by atoms with Gasteiger partial charge >= 0.3 is 0 Å². The van der Waals surface area contributed by atoms with Crippen LogP contribution in [-0.4, -0.2) is 44.8 Å². The van der Waals surface area contributed by atoms with Crippen molar-refractivity contribution in [2.45, 2.75) is 26.6 Å². The van der Waals surface area contributed by atoms with Gasteiger partial charge in [-0.05, 0) is 25.1 Å².